The summed E-state index contributed by atoms with van der Waals surface area (Å²) in [5.41, 5.74) is 0. The van der Waals surface area contributed by atoms with Crippen molar-refractivity contribution < 1.29 is 23.1 Å². The molecule has 0 aliphatic heterocycles. The number of rotatable bonds is 15. The zero-order chi connectivity index (χ0) is 16.7. The Morgan fingerprint density at radius 2 is 1.36 bits per heavy atom. The van der Waals surface area contributed by atoms with Gasteiger partial charge < -0.3 is 13.8 Å². The van der Waals surface area contributed by atoms with Crippen LogP contribution in [0.4, 0.5) is 0 Å². The van der Waals surface area contributed by atoms with Gasteiger partial charge >= 0.3 is 13.6 Å². The van der Waals surface area contributed by atoms with Crippen LogP contribution >= 0.6 is 7.60 Å². The molecule has 5 nitrogen and oxygen atoms in total. The van der Waals surface area contributed by atoms with Crippen LogP contribution in [0.25, 0.3) is 0 Å². The summed E-state index contributed by atoms with van der Waals surface area (Å²) in [6.07, 6.45) is 11.5. The van der Waals surface area contributed by atoms with Gasteiger partial charge in [0.25, 0.3) is 0 Å². The average molecular weight is 336 g/mol. The van der Waals surface area contributed by atoms with Crippen molar-refractivity contribution in [1.29, 1.82) is 0 Å². The van der Waals surface area contributed by atoms with Crippen molar-refractivity contribution in [3.8, 4) is 0 Å². The zero-order valence-electron chi connectivity index (χ0n) is 14.5. The molecule has 0 radical (unpaired) electrons. The molecule has 0 N–H and O–H groups in total. The van der Waals surface area contributed by atoms with Crippen molar-refractivity contribution >= 4 is 13.6 Å². The summed E-state index contributed by atoms with van der Waals surface area (Å²) in [5.74, 6) is -0.235. The maximum absolute atomic E-state index is 11.7. The Balaban J connectivity index is 3.42. The molecule has 0 rings (SSSR count). The molecule has 0 unspecified atom stereocenters. The Kier molecular flexibility index (Phi) is 14.0. The third kappa shape index (κ3) is 12.2. The summed E-state index contributed by atoms with van der Waals surface area (Å²) in [4.78, 5) is 11.5. The number of ether oxygens (including phenoxy) is 1. The van der Waals surface area contributed by atoms with Crippen molar-refractivity contribution in [2.75, 3.05) is 27.0 Å². The molecule has 0 saturated heterocycles. The van der Waals surface area contributed by atoms with E-state index >= 15 is 0 Å². The van der Waals surface area contributed by atoms with E-state index in [-0.39, 0.29) is 18.7 Å². The van der Waals surface area contributed by atoms with Gasteiger partial charge in [-0.15, -0.1) is 0 Å². The molecule has 132 valence electrons. The van der Waals surface area contributed by atoms with Crippen LogP contribution in [-0.2, 0) is 23.1 Å². The Morgan fingerprint density at radius 1 is 0.864 bits per heavy atom. The first kappa shape index (κ1) is 21.6. The number of esters is 1. The van der Waals surface area contributed by atoms with E-state index in [1.807, 2.05) is 0 Å². The van der Waals surface area contributed by atoms with Gasteiger partial charge in [-0.3, -0.25) is 9.36 Å². The van der Waals surface area contributed by atoms with Gasteiger partial charge in [-0.25, -0.2) is 0 Å². The molecule has 6 heteroatoms. The highest BCUT2D eigenvalue weighted by molar-refractivity contribution is 7.53. The third-order valence-corrected chi connectivity index (χ3v) is 5.51. The highest BCUT2D eigenvalue weighted by Crippen LogP contribution is 2.45. The lowest BCUT2D eigenvalue weighted by Gasteiger charge is -2.13. The van der Waals surface area contributed by atoms with Crippen molar-refractivity contribution in [3.05, 3.63) is 0 Å². The standard InChI is InChI=1S/C16H33O5P/c1-4-5-6-7-8-9-10-11-12-13-16(17)21-14-15-22(18,19-2)20-3/h4-15H2,1-3H3. The molecule has 0 fully saturated rings. The molecule has 0 aromatic rings. The molecule has 0 spiro atoms. The average Bonchev–Trinajstić information content (AvgIpc) is 2.53. The summed E-state index contributed by atoms with van der Waals surface area (Å²) in [7, 11) is -0.412. The molecule has 0 atom stereocenters. The van der Waals surface area contributed by atoms with E-state index in [1.165, 1.54) is 59.2 Å². The van der Waals surface area contributed by atoms with E-state index in [0.29, 0.717) is 6.42 Å². The van der Waals surface area contributed by atoms with Crippen LogP contribution in [0.3, 0.4) is 0 Å². The Bertz CT molecular complexity index is 312. The van der Waals surface area contributed by atoms with E-state index in [9.17, 15) is 9.36 Å². The molecular formula is C16H33O5P. The van der Waals surface area contributed by atoms with E-state index < -0.39 is 7.60 Å². The van der Waals surface area contributed by atoms with Crippen LogP contribution in [0.1, 0.15) is 71.1 Å². The fourth-order valence-corrected chi connectivity index (χ4v) is 3.01. The highest BCUT2D eigenvalue weighted by atomic mass is 31.2. The van der Waals surface area contributed by atoms with Gasteiger partial charge in [0.05, 0.1) is 6.16 Å². The second kappa shape index (κ2) is 14.2. The van der Waals surface area contributed by atoms with Crippen LogP contribution in [0.5, 0.6) is 0 Å². The van der Waals surface area contributed by atoms with E-state index in [1.54, 1.807) is 0 Å². The molecule has 0 aliphatic rings. The second-order valence-electron chi connectivity index (χ2n) is 5.50. The van der Waals surface area contributed by atoms with Crippen LogP contribution in [0, 0.1) is 0 Å². The van der Waals surface area contributed by atoms with Gasteiger partial charge in [0, 0.05) is 20.6 Å². The van der Waals surface area contributed by atoms with Crippen LogP contribution in [-0.4, -0.2) is 33.0 Å². The first-order valence-corrected chi connectivity index (χ1v) is 10.2. The van der Waals surface area contributed by atoms with E-state index in [4.69, 9.17) is 13.8 Å². The molecular weight excluding hydrogens is 303 g/mol. The predicted octanol–water partition coefficient (Wildman–Crippen LogP) is 4.94. The minimum Gasteiger partial charge on any atom is -0.465 e. The first-order valence-electron chi connectivity index (χ1n) is 8.44. The van der Waals surface area contributed by atoms with E-state index in [2.05, 4.69) is 6.92 Å². The number of carbonyl (C=O) groups is 1. The predicted molar refractivity (Wildman–Crippen MR) is 89.3 cm³/mol. The zero-order valence-corrected chi connectivity index (χ0v) is 15.4. The topological polar surface area (TPSA) is 61.8 Å². The fourth-order valence-electron chi connectivity index (χ4n) is 2.18. The van der Waals surface area contributed by atoms with Crippen LogP contribution in [0.2, 0.25) is 0 Å². The van der Waals surface area contributed by atoms with Crippen molar-refractivity contribution in [3.63, 3.8) is 0 Å². The molecule has 0 saturated carbocycles. The van der Waals surface area contributed by atoms with Gasteiger partial charge in [-0.05, 0) is 6.42 Å². The minimum atomic E-state index is -3.07. The lowest BCUT2D eigenvalue weighted by atomic mass is 10.1. The van der Waals surface area contributed by atoms with Gasteiger partial charge in [0.15, 0.2) is 0 Å². The summed E-state index contributed by atoms with van der Waals surface area (Å²) < 4.78 is 26.3. The first-order chi connectivity index (χ1) is 10.6. The SMILES string of the molecule is CCCCCCCCCCCC(=O)OCCP(=O)(OC)OC. The Labute approximate surface area is 135 Å². The molecule has 0 amide bonds. The van der Waals surface area contributed by atoms with Gasteiger partial charge in [0.1, 0.15) is 6.61 Å². The summed E-state index contributed by atoms with van der Waals surface area (Å²) in [5, 5.41) is 0. The Morgan fingerprint density at radius 3 is 1.86 bits per heavy atom. The van der Waals surface area contributed by atoms with Crippen molar-refractivity contribution in [1.82, 2.24) is 0 Å². The second-order valence-corrected chi connectivity index (χ2v) is 7.90. The molecule has 0 heterocycles. The smallest absolute Gasteiger partial charge is 0.333 e. The number of carbonyl (C=O) groups excluding carboxylic acids is 1. The molecule has 0 aromatic carbocycles. The highest BCUT2D eigenvalue weighted by Gasteiger charge is 2.21. The van der Waals surface area contributed by atoms with Crippen molar-refractivity contribution in [2.24, 2.45) is 0 Å². The van der Waals surface area contributed by atoms with Gasteiger partial charge in [-0.2, -0.15) is 0 Å². The number of unbranched alkanes of at least 4 members (excludes halogenated alkanes) is 8. The molecule has 0 aromatic heterocycles. The van der Waals surface area contributed by atoms with Crippen LogP contribution in [0.15, 0.2) is 0 Å². The lowest BCUT2D eigenvalue weighted by Crippen LogP contribution is -2.09. The molecule has 22 heavy (non-hydrogen) atoms. The van der Waals surface area contributed by atoms with E-state index in [0.717, 1.165) is 12.8 Å². The largest absolute Gasteiger partial charge is 0.465 e. The van der Waals surface area contributed by atoms with Crippen molar-refractivity contribution in [2.45, 2.75) is 71.1 Å². The van der Waals surface area contributed by atoms with Crippen LogP contribution < -0.4 is 0 Å². The maximum atomic E-state index is 11.7. The Hall–Kier alpha value is -0.380. The monoisotopic (exact) mass is 336 g/mol. The van der Waals surface area contributed by atoms with Gasteiger partial charge in [0.2, 0.25) is 0 Å². The number of hydrogen-bond donors (Lipinski definition) is 0. The summed E-state index contributed by atoms with van der Waals surface area (Å²) in [6, 6.07) is 0. The summed E-state index contributed by atoms with van der Waals surface area (Å²) >= 11 is 0. The molecule has 0 bridgehead atoms. The van der Waals surface area contributed by atoms with Gasteiger partial charge in [-0.1, -0.05) is 58.3 Å². The maximum Gasteiger partial charge on any atom is 0.333 e. The molecule has 0 aliphatic carbocycles. The normalized spacial score (nSPS) is 11.6. The number of hydrogen-bond acceptors (Lipinski definition) is 5. The quantitative estimate of drug-likeness (QED) is 0.241. The fraction of sp³-hybridized carbons (Fsp3) is 0.938. The minimum absolute atomic E-state index is 0.0786. The third-order valence-electron chi connectivity index (χ3n) is 3.67. The summed E-state index contributed by atoms with van der Waals surface area (Å²) in [6.45, 7) is 2.30. The lowest BCUT2D eigenvalue weighted by molar-refractivity contribution is -0.143.